The molecule has 0 unspecified atom stereocenters. The third-order valence-electron chi connectivity index (χ3n) is 0. The van der Waals surface area contributed by atoms with Crippen molar-refractivity contribution in [1.29, 1.82) is 0 Å². The van der Waals surface area contributed by atoms with E-state index in [0.717, 1.165) is 0 Å². The second-order valence-corrected chi connectivity index (χ2v) is 1.80. The van der Waals surface area contributed by atoms with Crippen molar-refractivity contribution in [2.75, 3.05) is 0 Å². The first-order chi connectivity index (χ1) is 2.00. The van der Waals surface area contributed by atoms with Gasteiger partial charge in [0.25, 0.3) is 0 Å². The van der Waals surface area contributed by atoms with Crippen LogP contribution in [-0.4, -0.2) is 77.1 Å². The molecule has 4 nitrogen and oxygen atoms in total. The van der Waals surface area contributed by atoms with Gasteiger partial charge >= 0.3 is 57.9 Å². The fourth-order valence-corrected chi connectivity index (χ4v) is 0. The van der Waals surface area contributed by atoms with Gasteiger partial charge in [-0.25, -0.2) is 0 Å². The van der Waals surface area contributed by atoms with Gasteiger partial charge in [-0.2, -0.15) is 0 Å². The van der Waals surface area contributed by atoms with E-state index in [0.29, 0.717) is 0 Å². The third-order valence-corrected chi connectivity index (χ3v) is 0. The molecule has 0 radical (unpaired) electrons. The van der Waals surface area contributed by atoms with Gasteiger partial charge < -0.3 is 19.2 Å². The van der Waals surface area contributed by atoms with E-state index >= 15 is 0 Å². The van der Waals surface area contributed by atoms with Gasteiger partial charge in [-0.1, -0.05) is 0 Å². The van der Waals surface area contributed by atoms with Crippen LogP contribution in [0.5, 0.6) is 0 Å². The van der Waals surface area contributed by atoms with Gasteiger partial charge in [0.05, 0.1) is 0 Å². The zero-order chi connectivity index (χ0) is 4.50. The van der Waals surface area contributed by atoms with E-state index in [1.807, 2.05) is 0 Å². The van der Waals surface area contributed by atoms with E-state index in [9.17, 15) is 0 Å². The van der Waals surface area contributed by atoms with Crippen LogP contribution >= 0.6 is 0 Å². The van der Waals surface area contributed by atoms with E-state index in [4.69, 9.17) is 19.2 Å². The zero-order valence-corrected chi connectivity index (χ0v) is 6.96. The fourth-order valence-electron chi connectivity index (χ4n) is 0. The van der Waals surface area contributed by atoms with E-state index in [1.165, 1.54) is 0 Å². The van der Waals surface area contributed by atoms with Crippen LogP contribution in [0.4, 0.5) is 0 Å². The molecule has 0 saturated carbocycles. The smallest absolute Gasteiger partial charge is 0 e. The molecule has 7 heavy (non-hydrogen) atoms. The van der Waals surface area contributed by atoms with E-state index in [1.54, 1.807) is 0 Å². The molecule has 0 heterocycles. The molecule has 0 atom stereocenters. The Morgan fingerprint density at radius 2 is 0.857 bits per heavy atom. The standard InChI is InChI=1S/Ba.H4O4Si.Zn.2H/c;1-5(2,3)4;;;/h;1-4H;;;. The molecule has 0 spiro atoms. The number of rotatable bonds is 0. The van der Waals surface area contributed by atoms with E-state index in [2.05, 4.69) is 0 Å². The van der Waals surface area contributed by atoms with Crippen LogP contribution in [0.15, 0.2) is 0 Å². The molecular weight excluding hydrogens is 295 g/mol. The van der Waals surface area contributed by atoms with Crippen molar-refractivity contribution in [1.82, 2.24) is 0 Å². The minimum atomic E-state index is -4.61. The average Bonchev–Trinajstić information content (AvgIpc) is 0.722. The maximum atomic E-state index is 7.33. The van der Waals surface area contributed by atoms with Gasteiger partial charge in [0.1, 0.15) is 0 Å². The topological polar surface area (TPSA) is 80.9 Å². The Morgan fingerprint density at radius 1 is 0.857 bits per heavy atom. The summed E-state index contributed by atoms with van der Waals surface area (Å²) < 4.78 is 0. The summed E-state index contributed by atoms with van der Waals surface area (Å²) in [6.07, 6.45) is 0. The maximum absolute atomic E-state index is 7.33. The van der Waals surface area contributed by atoms with Crippen molar-refractivity contribution in [3.8, 4) is 0 Å². The third kappa shape index (κ3) is 63.6. The quantitative estimate of drug-likeness (QED) is 0.350. The van der Waals surface area contributed by atoms with Gasteiger partial charge in [0.15, 0.2) is 0 Å². The fraction of sp³-hybridized carbons (Fsp3) is 0. The summed E-state index contributed by atoms with van der Waals surface area (Å²) in [6.45, 7) is 0. The van der Waals surface area contributed by atoms with Crippen LogP contribution < -0.4 is 0 Å². The predicted molar refractivity (Wildman–Crippen MR) is 23.2 cm³/mol. The summed E-state index contributed by atoms with van der Waals surface area (Å²) in [5.74, 6) is 0. The molecule has 0 fully saturated rings. The van der Waals surface area contributed by atoms with Crippen molar-refractivity contribution < 1.29 is 38.7 Å². The Kier molecular flexibility index (Phi) is 14.7. The molecule has 0 amide bonds. The summed E-state index contributed by atoms with van der Waals surface area (Å²) in [5, 5.41) is 0. The largest absolute Gasteiger partial charge is 0 e. The van der Waals surface area contributed by atoms with Crippen molar-refractivity contribution in [2.24, 2.45) is 0 Å². The molecule has 0 saturated heterocycles. The van der Waals surface area contributed by atoms with Crippen molar-refractivity contribution >= 4 is 57.9 Å². The minimum Gasteiger partial charge on any atom is 0 e. The first-order valence-corrected chi connectivity index (χ1v) is 2.68. The number of hydrogen-bond donors (Lipinski definition) is 4. The summed E-state index contributed by atoms with van der Waals surface area (Å²) in [7, 11) is -4.61. The first-order valence-electron chi connectivity index (χ1n) is 0.894. The Bertz CT molecular complexity index is 27.2. The van der Waals surface area contributed by atoms with Crippen molar-refractivity contribution in [3.63, 3.8) is 0 Å². The van der Waals surface area contributed by atoms with Gasteiger partial charge in [0, 0.05) is 19.5 Å². The minimum absolute atomic E-state index is 0. The molecule has 0 aliphatic rings. The first kappa shape index (κ1) is 16.1. The average molecular weight is 301 g/mol. The number of hydrogen-bond acceptors (Lipinski definition) is 4. The summed E-state index contributed by atoms with van der Waals surface area (Å²) in [5.41, 5.74) is 0. The molecule has 38 valence electrons. The SMILES string of the molecule is O[Si](O)(O)O.[BaH2].[Zn]. The monoisotopic (exact) mass is 300 g/mol. The normalized spacial score (nSPS) is 8.57. The maximum Gasteiger partial charge on any atom is 0 e. The summed E-state index contributed by atoms with van der Waals surface area (Å²) in [6, 6.07) is 0. The van der Waals surface area contributed by atoms with Crippen LogP contribution in [0.25, 0.3) is 0 Å². The summed E-state index contributed by atoms with van der Waals surface area (Å²) in [4.78, 5) is 29.3. The molecule has 4 N–H and O–H groups in total. The molecule has 0 aromatic heterocycles. The Hall–Kier alpha value is 2.25. The van der Waals surface area contributed by atoms with Gasteiger partial charge in [-0.15, -0.1) is 0 Å². The summed E-state index contributed by atoms with van der Waals surface area (Å²) >= 11 is 0. The second-order valence-electron chi connectivity index (χ2n) is 0.600. The van der Waals surface area contributed by atoms with E-state index < -0.39 is 9.05 Å². The van der Waals surface area contributed by atoms with E-state index in [-0.39, 0.29) is 68.4 Å². The van der Waals surface area contributed by atoms with Crippen LogP contribution in [0, 0.1) is 0 Å². The zero-order valence-electron chi connectivity index (χ0n) is 3.00. The molecule has 0 bridgehead atoms. The van der Waals surface area contributed by atoms with Crippen molar-refractivity contribution in [2.45, 2.75) is 0 Å². The predicted octanol–water partition coefficient (Wildman–Crippen LogP) is -3.53. The van der Waals surface area contributed by atoms with Crippen molar-refractivity contribution in [3.05, 3.63) is 0 Å². The van der Waals surface area contributed by atoms with Crippen LogP contribution in [-0.2, 0) is 19.5 Å². The molecule has 0 aromatic rings. The Morgan fingerprint density at radius 3 is 0.857 bits per heavy atom. The molecule has 0 rings (SSSR count). The molecule has 0 aliphatic carbocycles. The molecular formula is H6BaO4SiZn. The van der Waals surface area contributed by atoms with Crippen LogP contribution in [0.2, 0.25) is 0 Å². The molecule has 0 aliphatic heterocycles. The Labute approximate surface area is 94.9 Å². The Balaban J connectivity index is -0.0000000800. The van der Waals surface area contributed by atoms with Gasteiger partial charge in [0.2, 0.25) is 0 Å². The molecule has 7 heteroatoms. The van der Waals surface area contributed by atoms with Crippen LogP contribution in [0.1, 0.15) is 0 Å². The second kappa shape index (κ2) is 6.37. The molecule has 0 aromatic carbocycles. The van der Waals surface area contributed by atoms with Gasteiger partial charge in [-0.05, 0) is 0 Å². The van der Waals surface area contributed by atoms with Crippen LogP contribution in [0.3, 0.4) is 0 Å². The van der Waals surface area contributed by atoms with Gasteiger partial charge in [-0.3, -0.25) is 0 Å².